The average molecular weight is 445 g/mol. The van der Waals surface area contributed by atoms with Crippen LogP contribution in [0.5, 0.6) is 0 Å². The standard InChI is InChI=1S/C21H28N6O3S/c1-21(2,3)16-4-6-17(7-5-16)31(28,29)25-8-9-27-20-18(14-24-27)19(22-15-23-20)26-10-12-30-13-11-26/h4-7,14-15,25H,8-13H2,1-3H3. The molecule has 166 valence electrons. The predicted molar refractivity (Wildman–Crippen MR) is 119 cm³/mol. The molecule has 3 aromatic rings. The molecule has 1 aliphatic rings. The number of ether oxygens (including phenoxy) is 1. The number of rotatable bonds is 6. The van der Waals surface area contributed by atoms with Crippen LogP contribution in [0.4, 0.5) is 5.82 Å². The SMILES string of the molecule is CC(C)(C)c1ccc(S(=O)(=O)NCCn2ncc3c(N4CCOCC4)ncnc32)cc1. The van der Waals surface area contributed by atoms with Crippen LogP contribution < -0.4 is 9.62 Å². The van der Waals surface area contributed by atoms with Crippen molar-refractivity contribution in [2.75, 3.05) is 37.7 Å². The van der Waals surface area contributed by atoms with Crippen LogP contribution in [0, 0.1) is 0 Å². The van der Waals surface area contributed by atoms with E-state index in [9.17, 15) is 8.42 Å². The lowest BCUT2D eigenvalue weighted by molar-refractivity contribution is 0.122. The number of fused-ring (bicyclic) bond motifs is 1. The first-order valence-electron chi connectivity index (χ1n) is 10.4. The summed E-state index contributed by atoms with van der Waals surface area (Å²) in [5.74, 6) is 0.832. The maximum absolute atomic E-state index is 12.7. The van der Waals surface area contributed by atoms with Crippen molar-refractivity contribution < 1.29 is 13.2 Å². The lowest BCUT2D eigenvalue weighted by Crippen LogP contribution is -2.36. The summed E-state index contributed by atoms with van der Waals surface area (Å²) in [5.41, 5.74) is 1.74. The van der Waals surface area contributed by atoms with Crippen LogP contribution in [0.1, 0.15) is 26.3 Å². The minimum Gasteiger partial charge on any atom is -0.378 e. The normalized spacial score (nSPS) is 15.5. The number of benzene rings is 1. The third kappa shape index (κ3) is 4.70. The Kier molecular flexibility index (Phi) is 5.96. The number of anilines is 1. The van der Waals surface area contributed by atoms with Gasteiger partial charge in [0, 0.05) is 19.6 Å². The molecule has 10 heteroatoms. The Labute approximate surface area is 182 Å². The van der Waals surface area contributed by atoms with Gasteiger partial charge in [0.25, 0.3) is 0 Å². The van der Waals surface area contributed by atoms with E-state index >= 15 is 0 Å². The second-order valence-electron chi connectivity index (χ2n) is 8.57. The number of nitrogens with zero attached hydrogens (tertiary/aromatic N) is 5. The molecule has 0 saturated carbocycles. The van der Waals surface area contributed by atoms with Crippen LogP contribution in [0.2, 0.25) is 0 Å². The van der Waals surface area contributed by atoms with Crippen LogP contribution >= 0.6 is 0 Å². The fourth-order valence-electron chi connectivity index (χ4n) is 3.57. The summed E-state index contributed by atoms with van der Waals surface area (Å²) in [4.78, 5) is 11.2. The minimum atomic E-state index is -3.60. The molecule has 1 saturated heterocycles. The number of sulfonamides is 1. The lowest BCUT2D eigenvalue weighted by Gasteiger charge is -2.27. The highest BCUT2D eigenvalue weighted by molar-refractivity contribution is 7.89. The zero-order valence-electron chi connectivity index (χ0n) is 18.1. The Hall–Kier alpha value is -2.56. The van der Waals surface area contributed by atoms with Crippen LogP contribution in [-0.4, -0.2) is 61.0 Å². The topological polar surface area (TPSA) is 102 Å². The Balaban J connectivity index is 1.44. The smallest absolute Gasteiger partial charge is 0.240 e. The third-order valence-corrected chi connectivity index (χ3v) is 6.85. The highest BCUT2D eigenvalue weighted by Gasteiger charge is 2.19. The molecule has 0 bridgehead atoms. The second-order valence-corrected chi connectivity index (χ2v) is 10.3. The van der Waals surface area contributed by atoms with E-state index in [2.05, 4.69) is 45.5 Å². The molecule has 9 nitrogen and oxygen atoms in total. The first-order valence-corrected chi connectivity index (χ1v) is 11.8. The lowest BCUT2D eigenvalue weighted by atomic mass is 9.87. The van der Waals surface area contributed by atoms with Crippen molar-refractivity contribution in [2.24, 2.45) is 0 Å². The maximum atomic E-state index is 12.7. The van der Waals surface area contributed by atoms with Crippen molar-refractivity contribution in [2.45, 2.75) is 37.6 Å². The molecule has 1 aromatic carbocycles. The summed E-state index contributed by atoms with van der Waals surface area (Å²) < 4.78 is 35.1. The van der Waals surface area contributed by atoms with E-state index in [4.69, 9.17) is 4.74 Å². The molecule has 3 heterocycles. The largest absolute Gasteiger partial charge is 0.378 e. The fraction of sp³-hybridized carbons (Fsp3) is 0.476. The van der Waals surface area contributed by atoms with Crippen LogP contribution in [0.25, 0.3) is 11.0 Å². The van der Waals surface area contributed by atoms with Crippen LogP contribution in [-0.2, 0) is 26.7 Å². The minimum absolute atomic E-state index is 0.0290. The highest BCUT2D eigenvalue weighted by Crippen LogP contribution is 2.24. The van der Waals surface area contributed by atoms with Gasteiger partial charge in [-0.25, -0.2) is 27.8 Å². The van der Waals surface area contributed by atoms with Gasteiger partial charge in [-0.3, -0.25) is 0 Å². The van der Waals surface area contributed by atoms with Crippen molar-refractivity contribution in [3.8, 4) is 0 Å². The quantitative estimate of drug-likeness (QED) is 0.620. The van der Waals surface area contributed by atoms with E-state index in [0.29, 0.717) is 25.4 Å². The molecule has 4 rings (SSSR count). The molecule has 1 aliphatic heterocycles. The Morgan fingerprint density at radius 3 is 2.48 bits per heavy atom. The van der Waals surface area contributed by atoms with E-state index in [1.54, 1.807) is 23.0 Å². The number of hydrogen-bond acceptors (Lipinski definition) is 7. The number of aromatic nitrogens is 4. The van der Waals surface area contributed by atoms with Gasteiger partial charge in [0.05, 0.1) is 36.2 Å². The van der Waals surface area contributed by atoms with E-state index in [1.165, 1.54) is 6.33 Å². The molecule has 0 atom stereocenters. The molecule has 1 N–H and O–H groups in total. The van der Waals surface area contributed by atoms with Gasteiger partial charge in [-0.15, -0.1) is 0 Å². The Bertz CT molecular complexity index is 1150. The van der Waals surface area contributed by atoms with E-state index < -0.39 is 10.0 Å². The van der Waals surface area contributed by atoms with Crippen LogP contribution in [0.3, 0.4) is 0 Å². The van der Waals surface area contributed by atoms with Gasteiger partial charge in [-0.1, -0.05) is 32.9 Å². The predicted octanol–water partition coefficient (Wildman–Crippen LogP) is 1.94. The summed E-state index contributed by atoms with van der Waals surface area (Å²) in [7, 11) is -3.60. The summed E-state index contributed by atoms with van der Waals surface area (Å²) in [6.07, 6.45) is 3.26. The third-order valence-electron chi connectivity index (χ3n) is 5.37. The molecule has 31 heavy (non-hydrogen) atoms. The molecule has 0 amide bonds. The van der Waals surface area contributed by atoms with Crippen molar-refractivity contribution in [1.82, 2.24) is 24.5 Å². The number of nitrogens with one attached hydrogen (secondary N) is 1. The first-order chi connectivity index (χ1) is 14.8. The molecule has 0 aliphatic carbocycles. The highest BCUT2D eigenvalue weighted by atomic mass is 32.2. The number of hydrogen-bond donors (Lipinski definition) is 1. The van der Waals surface area contributed by atoms with E-state index in [-0.39, 0.29) is 16.9 Å². The molecule has 0 radical (unpaired) electrons. The Morgan fingerprint density at radius 1 is 1.10 bits per heavy atom. The summed E-state index contributed by atoms with van der Waals surface area (Å²) in [6, 6.07) is 7.02. The number of morpholine rings is 1. The molecule has 0 spiro atoms. The maximum Gasteiger partial charge on any atom is 0.240 e. The van der Waals surface area contributed by atoms with Crippen molar-refractivity contribution in [1.29, 1.82) is 0 Å². The van der Waals surface area contributed by atoms with Gasteiger partial charge in [-0.05, 0) is 23.1 Å². The molecule has 1 fully saturated rings. The molecule has 0 unspecified atom stereocenters. The van der Waals surface area contributed by atoms with Crippen molar-refractivity contribution >= 4 is 26.9 Å². The fourth-order valence-corrected chi connectivity index (χ4v) is 4.60. The first kappa shape index (κ1) is 21.7. The van der Waals surface area contributed by atoms with Crippen molar-refractivity contribution in [3.63, 3.8) is 0 Å². The zero-order chi connectivity index (χ0) is 22.1. The molecular formula is C21H28N6O3S. The van der Waals surface area contributed by atoms with Crippen LogP contribution in [0.15, 0.2) is 41.7 Å². The Morgan fingerprint density at radius 2 is 1.81 bits per heavy atom. The summed E-state index contributed by atoms with van der Waals surface area (Å²) >= 11 is 0. The molecular weight excluding hydrogens is 416 g/mol. The van der Waals surface area contributed by atoms with Gasteiger partial charge < -0.3 is 9.64 Å². The van der Waals surface area contributed by atoms with Gasteiger partial charge in [-0.2, -0.15) is 5.10 Å². The zero-order valence-corrected chi connectivity index (χ0v) is 18.9. The second kappa shape index (κ2) is 8.52. The van der Waals surface area contributed by atoms with Gasteiger partial charge in [0.15, 0.2) is 5.65 Å². The van der Waals surface area contributed by atoms with E-state index in [0.717, 1.165) is 29.9 Å². The monoisotopic (exact) mass is 444 g/mol. The van der Waals surface area contributed by atoms with Crippen molar-refractivity contribution in [3.05, 3.63) is 42.4 Å². The molecule has 2 aromatic heterocycles. The van der Waals surface area contributed by atoms with Gasteiger partial charge in [0.1, 0.15) is 12.1 Å². The summed E-state index contributed by atoms with van der Waals surface area (Å²) in [5, 5.41) is 5.26. The van der Waals surface area contributed by atoms with E-state index in [1.807, 2.05) is 12.1 Å². The van der Waals surface area contributed by atoms with Gasteiger partial charge >= 0.3 is 0 Å². The summed E-state index contributed by atoms with van der Waals surface area (Å²) in [6.45, 7) is 9.72. The van der Waals surface area contributed by atoms with Gasteiger partial charge in [0.2, 0.25) is 10.0 Å². The average Bonchev–Trinajstić information content (AvgIpc) is 3.17.